The van der Waals surface area contributed by atoms with Gasteiger partial charge in [0, 0.05) is 5.56 Å². The van der Waals surface area contributed by atoms with E-state index in [0.29, 0.717) is 5.92 Å². The molecule has 92 valence electrons. The number of H-pyrrole nitrogens is 1. The monoisotopic (exact) mass is 232 g/mol. The molecule has 0 radical (unpaired) electrons. The van der Waals surface area contributed by atoms with E-state index < -0.39 is 0 Å². The number of rotatable bonds is 2. The Balaban J connectivity index is 1.70. The van der Waals surface area contributed by atoms with Crippen LogP contribution in [0.3, 0.4) is 0 Å². The molecule has 4 heteroatoms. The fourth-order valence-electron chi connectivity index (χ4n) is 5.10. The van der Waals surface area contributed by atoms with E-state index in [1.54, 1.807) is 0 Å². The first-order chi connectivity index (χ1) is 8.35. The third-order valence-electron chi connectivity index (χ3n) is 5.40. The van der Waals surface area contributed by atoms with Gasteiger partial charge in [0.05, 0.1) is 6.20 Å². The maximum Gasteiger partial charge on any atom is 0.139 e. The molecule has 4 aliphatic rings. The van der Waals surface area contributed by atoms with Crippen molar-refractivity contribution in [2.24, 2.45) is 29.5 Å². The topological polar surface area (TPSA) is 66.7 Å². The molecule has 1 aromatic heterocycles. The highest BCUT2D eigenvalue weighted by molar-refractivity contribution is 5.44. The Hall–Kier alpha value is -1.03. The van der Waals surface area contributed by atoms with Gasteiger partial charge in [-0.1, -0.05) is 0 Å². The lowest BCUT2D eigenvalue weighted by Gasteiger charge is -2.54. The van der Waals surface area contributed by atoms with Crippen LogP contribution in [0.1, 0.15) is 43.6 Å². The van der Waals surface area contributed by atoms with Crippen molar-refractivity contribution in [3.63, 3.8) is 0 Å². The van der Waals surface area contributed by atoms with Crippen LogP contribution in [0.2, 0.25) is 0 Å². The van der Waals surface area contributed by atoms with Gasteiger partial charge in [-0.2, -0.15) is 5.10 Å². The number of hydrazine groups is 1. The van der Waals surface area contributed by atoms with E-state index in [4.69, 9.17) is 5.84 Å². The van der Waals surface area contributed by atoms with E-state index >= 15 is 0 Å². The number of hydrogen-bond acceptors (Lipinski definition) is 3. The van der Waals surface area contributed by atoms with Crippen molar-refractivity contribution in [1.29, 1.82) is 0 Å². The van der Waals surface area contributed by atoms with Crippen molar-refractivity contribution >= 4 is 5.82 Å². The lowest BCUT2D eigenvalue weighted by molar-refractivity contribution is -0.00256. The van der Waals surface area contributed by atoms with Gasteiger partial charge in [-0.25, -0.2) is 5.84 Å². The van der Waals surface area contributed by atoms with Gasteiger partial charge < -0.3 is 5.43 Å². The largest absolute Gasteiger partial charge is 0.309 e. The Kier molecular flexibility index (Phi) is 2.04. The smallest absolute Gasteiger partial charge is 0.139 e. The highest BCUT2D eigenvalue weighted by atomic mass is 15.3. The molecule has 0 atom stereocenters. The minimum atomic E-state index is 0.701. The van der Waals surface area contributed by atoms with Crippen LogP contribution in [0.4, 0.5) is 5.82 Å². The number of nitrogens with zero attached hydrogens (tertiary/aromatic N) is 1. The Morgan fingerprint density at radius 1 is 1.12 bits per heavy atom. The summed E-state index contributed by atoms with van der Waals surface area (Å²) in [6.45, 7) is 0. The highest BCUT2D eigenvalue weighted by Gasteiger charge is 2.49. The second-order valence-electron chi connectivity index (χ2n) is 6.30. The van der Waals surface area contributed by atoms with E-state index in [2.05, 4.69) is 15.6 Å². The fourth-order valence-corrected chi connectivity index (χ4v) is 5.10. The average molecular weight is 232 g/mol. The number of aromatic amines is 1. The first kappa shape index (κ1) is 9.95. The standard InChI is InChI=1S/C13H20N4/c14-16-13-11(6-15-17-13)12-9-2-7-1-8(4-9)5-10(12)3-7/h6-10,12H,1-5,14H2,(H2,15,16,17). The number of nitrogens with two attached hydrogens (primary N) is 1. The van der Waals surface area contributed by atoms with Crippen molar-refractivity contribution in [3.8, 4) is 0 Å². The fraction of sp³-hybridized carbons (Fsp3) is 0.769. The quantitative estimate of drug-likeness (QED) is 0.541. The van der Waals surface area contributed by atoms with Crippen LogP contribution < -0.4 is 11.3 Å². The van der Waals surface area contributed by atoms with Crippen LogP contribution in [-0.4, -0.2) is 10.2 Å². The predicted molar refractivity (Wildman–Crippen MR) is 66.2 cm³/mol. The molecule has 4 fully saturated rings. The van der Waals surface area contributed by atoms with Crippen molar-refractivity contribution in [1.82, 2.24) is 10.2 Å². The summed E-state index contributed by atoms with van der Waals surface area (Å²) in [7, 11) is 0. The van der Waals surface area contributed by atoms with Crippen LogP contribution in [-0.2, 0) is 0 Å². The molecule has 4 nitrogen and oxygen atoms in total. The summed E-state index contributed by atoms with van der Waals surface area (Å²) in [5.74, 6) is 11.0. The van der Waals surface area contributed by atoms with Gasteiger partial charge in [-0.3, -0.25) is 5.10 Å². The molecule has 17 heavy (non-hydrogen) atoms. The summed E-state index contributed by atoms with van der Waals surface area (Å²) in [4.78, 5) is 0. The molecule has 0 saturated heterocycles. The van der Waals surface area contributed by atoms with E-state index in [9.17, 15) is 0 Å². The number of aromatic nitrogens is 2. The van der Waals surface area contributed by atoms with Gasteiger partial charge in [0.15, 0.2) is 0 Å². The SMILES string of the molecule is NNc1[nH]ncc1C1C2CC3CC(C2)CC1C3. The molecule has 4 saturated carbocycles. The van der Waals surface area contributed by atoms with Crippen LogP contribution in [0.25, 0.3) is 0 Å². The molecule has 0 aliphatic heterocycles. The lowest BCUT2D eigenvalue weighted by Crippen LogP contribution is -2.43. The van der Waals surface area contributed by atoms with Crippen molar-refractivity contribution < 1.29 is 0 Å². The van der Waals surface area contributed by atoms with E-state index in [-0.39, 0.29) is 0 Å². The molecule has 0 unspecified atom stereocenters. The first-order valence-electron chi connectivity index (χ1n) is 6.85. The number of anilines is 1. The Bertz CT molecular complexity index is 397. The zero-order valence-corrected chi connectivity index (χ0v) is 10.0. The Morgan fingerprint density at radius 2 is 1.76 bits per heavy atom. The summed E-state index contributed by atoms with van der Waals surface area (Å²) in [6.07, 6.45) is 9.24. The minimum Gasteiger partial charge on any atom is -0.309 e. The second-order valence-corrected chi connectivity index (χ2v) is 6.30. The van der Waals surface area contributed by atoms with Crippen molar-refractivity contribution in [2.45, 2.75) is 38.0 Å². The molecule has 1 heterocycles. The van der Waals surface area contributed by atoms with Gasteiger partial charge in [-0.15, -0.1) is 0 Å². The zero-order valence-electron chi connectivity index (χ0n) is 10.0. The average Bonchev–Trinajstić information content (AvgIpc) is 2.75. The normalized spacial score (nSPS) is 43.0. The van der Waals surface area contributed by atoms with E-state index in [0.717, 1.165) is 29.5 Å². The van der Waals surface area contributed by atoms with Crippen LogP contribution in [0, 0.1) is 23.7 Å². The molecule has 4 N–H and O–H groups in total. The molecule has 0 amide bonds. The molecular formula is C13H20N4. The third kappa shape index (κ3) is 1.36. The van der Waals surface area contributed by atoms with Gasteiger partial charge in [-0.05, 0) is 61.7 Å². The number of nitrogen functional groups attached to an aromatic ring is 1. The minimum absolute atomic E-state index is 0.701. The Morgan fingerprint density at radius 3 is 2.35 bits per heavy atom. The summed E-state index contributed by atoms with van der Waals surface area (Å²) >= 11 is 0. The van der Waals surface area contributed by atoms with Crippen molar-refractivity contribution in [2.75, 3.05) is 5.43 Å². The Labute approximate surface area is 101 Å². The molecule has 1 aromatic rings. The first-order valence-corrected chi connectivity index (χ1v) is 6.85. The maximum atomic E-state index is 5.57. The van der Waals surface area contributed by atoms with Gasteiger partial charge in [0.2, 0.25) is 0 Å². The van der Waals surface area contributed by atoms with E-state index in [1.807, 2.05) is 6.20 Å². The summed E-state index contributed by atoms with van der Waals surface area (Å²) in [5.41, 5.74) is 4.10. The third-order valence-corrected chi connectivity index (χ3v) is 5.40. The molecule has 0 spiro atoms. The van der Waals surface area contributed by atoms with Crippen molar-refractivity contribution in [3.05, 3.63) is 11.8 Å². The van der Waals surface area contributed by atoms with Gasteiger partial charge in [0.1, 0.15) is 5.82 Å². The molecule has 4 aliphatic carbocycles. The maximum absolute atomic E-state index is 5.57. The van der Waals surface area contributed by atoms with Crippen LogP contribution in [0.5, 0.6) is 0 Å². The summed E-state index contributed by atoms with van der Waals surface area (Å²) in [5, 5.41) is 7.14. The van der Waals surface area contributed by atoms with Gasteiger partial charge in [0.25, 0.3) is 0 Å². The molecule has 4 bridgehead atoms. The van der Waals surface area contributed by atoms with E-state index in [1.165, 1.54) is 37.7 Å². The zero-order chi connectivity index (χ0) is 11.4. The second kappa shape index (κ2) is 3.48. The molecular weight excluding hydrogens is 212 g/mol. The lowest BCUT2D eigenvalue weighted by atomic mass is 9.51. The number of hydrogen-bond donors (Lipinski definition) is 3. The highest BCUT2D eigenvalue weighted by Crippen LogP contribution is 2.60. The van der Waals surface area contributed by atoms with Gasteiger partial charge >= 0.3 is 0 Å². The molecule has 5 rings (SSSR count). The van der Waals surface area contributed by atoms with Crippen LogP contribution >= 0.6 is 0 Å². The molecule has 0 aromatic carbocycles. The summed E-state index contributed by atoms with van der Waals surface area (Å²) in [6, 6.07) is 0. The van der Waals surface area contributed by atoms with Crippen LogP contribution in [0.15, 0.2) is 6.20 Å². The predicted octanol–water partition coefficient (Wildman–Crippen LogP) is 2.23. The summed E-state index contributed by atoms with van der Waals surface area (Å²) < 4.78 is 0. The number of nitrogens with one attached hydrogen (secondary N) is 2.